The van der Waals surface area contributed by atoms with Gasteiger partial charge in [0.25, 0.3) is 5.91 Å². The summed E-state index contributed by atoms with van der Waals surface area (Å²) in [5, 5.41) is 3.35. The number of Topliss-reactive ketones (excluding diaryl/α,β-unsaturated/α-hetero) is 1. The van der Waals surface area contributed by atoms with E-state index in [9.17, 15) is 14.4 Å². The molecule has 1 aliphatic heterocycles. The molecular formula is C29H37FN4O5. The highest BCUT2D eigenvalue weighted by Gasteiger charge is 2.39. The molecule has 210 valence electrons. The number of rotatable bonds is 7. The van der Waals surface area contributed by atoms with Crippen molar-refractivity contribution in [2.75, 3.05) is 26.0 Å². The quantitative estimate of drug-likeness (QED) is 0.514. The van der Waals surface area contributed by atoms with Gasteiger partial charge in [0.15, 0.2) is 5.78 Å². The van der Waals surface area contributed by atoms with Crippen molar-refractivity contribution < 1.29 is 28.2 Å². The predicted molar refractivity (Wildman–Crippen MR) is 143 cm³/mol. The van der Waals surface area contributed by atoms with Gasteiger partial charge in [0.05, 0.1) is 42.4 Å². The number of ether oxygens (including phenoxy) is 2. The van der Waals surface area contributed by atoms with E-state index in [4.69, 9.17) is 15.2 Å². The summed E-state index contributed by atoms with van der Waals surface area (Å²) in [5.41, 5.74) is 9.32. The smallest absolute Gasteiger partial charge is 0.320 e. The van der Waals surface area contributed by atoms with Crippen molar-refractivity contribution in [3.05, 3.63) is 46.0 Å². The summed E-state index contributed by atoms with van der Waals surface area (Å²) < 4.78 is 28.7. The molecule has 3 N–H and O–H groups in total. The molecule has 1 aromatic carbocycles. The molecule has 5 rings (SSSR count). The Labute approximate surface area is 227 Å². The van der Waals surface area contributed by atoms with Gasteiger partial charge in [-0.15, -0.1) is 0 Å². The van der Waals surface area contributed by atoms with Gasteiger partial charge in [-0.3, -0.25) is 19.3 Å². The van der Waals surface area contributed by atoms with E-state index < -0.39 is 11.7 Å². The number of likely N-dealkylation sites (N-methyl/N-ethyl adjacent to an activating group) is 1. The van der Waals surface area contributed by atoms with Gasteiger partial charge in [0, 0.05) is 29.3 Å². The van der Waals surface area contributed by atoms with Crippen LogP contribution in [-0.4, -0.2) is 59.9 Å². The van der Waals surface area contributed by atoms with E-state index in [0.717, 1.165) is 17.0 Å². The molecule has 2 heterocycles. The van der Waals surface area contributed by atoms with Gasteiger partial charge in [-0.2, -0.15) is 0 Å². The number of halogens is 1. The zero-order valence-corrected chi connectivity index (χ0v) is 23.1. The topological polar surface area (TPSA) is 116 Å². The first kappa shape index (κ1) is 27.3. The monoisotopic (exact) mass is 540 g/mol. The number of aromatic nitrogens is 1. The first-order chi connectivity index (χ1) is 18.4. The number of benzene rings is 1. The molecule has 1 fully saturated rings. The van der Waals surface area contributed by atoms with Crippen molar-refractivity contribution in [3.8, 4) is 5.69 Å². The molecule has 3 aliphatic rings. The number of hydrogen-bond donors (Lipinski definition) is 2. The number of amides is 1. The molecule has 0 spiro atoms. The number of carbonyl (C=O) groups is 3. The zero-order chi connectivity index (χ0) is 28.1. The van der Waals surface area contributed by atoms with Crippen LogP contribution in [0.5, 0.6) is 0 Å². The fraction of sp³-hybridized carbons (Fsp3) is 0.552. The molecule has 0 atom stereocenters. The number of fused-ring (bicyclic) bond motifs is 3. The van der Waals surface area contributed by atoms with E-state index in [2.05, 4.69) is 19.2 Å². The SMILES string of the molecule is CN(C)CC(=O)OC1CCC(Nc2cc(-n3c4c(c5c3CC(C)(C)CC5=O)COC4)cc(F)c2C(N)=O)CC1. The van der Waals surface area contributed by atoms with Gasteiger partial charge >= 0.3 is 5.97 Å². The Morgan fingerprint density at radius 2 is 1.87 bits per heavy atom. The lowest BCUT2D eigenvalue weighted by molar-refractivity contribution is -0.151. The van der Waals surface area contributed by atoms with E-state index in [1.165, 1.54) is 6.07 Å². The number of anilines is 1. The van der Waals surface area contributed by atoms with Crippen LogP contribution in [0.2, 0.25) is 0 Å². The standard InChI is InChI=1S/C29H37FN4O5/c1-29(2)11-22-26(24(35)12-29)19-14-38-15-23(19)34(22)17-9-20(30)27(28(31)37)21(10-17)32-16-5-7-18(8-6-16)39-25(36)13-33(3)4/h9-10,16,18,32H,5-8,11-15H2,1-4H3,(H2,31,37). The first-order valence-corrected chi connectivity index (χ1v) is 13.5. The molecule has 1 aromatic heterocycles. The van der Waals surface area contributed by atoms with Crippen LogP contribution in [0.3, 0.4) is 0 Å². The Hall–Kier alpha value is -3.24. The van der Waals surface area contributed by atoms with Crippen LogP contribution < -0.4 is 11.1 Å². The predicted octanol–water partition coefficient (Wildman–Crippen LogP) is 3.73. The molecule has 10 heteroatoms. The first-order valence-electron chi connectivity index (χ1n) is 13.5. The van der Waals surface area contributed by atoms with E-state index in [0.29, 0.717) is 68.7 Å². The van der Waals surface area contributed by atoms with Crippen LogP contribution in [0.15, 0.2) is 12.1 Å². The summed E-state index contributed by atoms with van der Waals surface area (Å²) in [6.45, 7) is 5.03. The molecule has 0 saturated heterocycles. The van der Waals surface area contributed by atoms with Crippen molar-refractivity contribution in [2.45, 2.75) is 77.7 Å². The number of nitrogens with one attached hydrogen (secondary N) is 1. The minimum atomic E-state index is -0.854. The second-order valence-corrected chi connectivity index (χ2v) is 12.1. The van der Waals surface area contributed by atoms with Crippen molar-refractivity contribution in [3.63, 3.8) is 0 Å². The van der Waals surface area contributed by atoms with Gasteiger partial charge < -0.3 is 25.1 Å². The normalized spacial score (nSPS) is 21.9. The van der Waals surface area contributed by atoms with E-state index in [1.807, 2.05) is 18.7 Å². The van der Waals surface area contributed by atoms with Crippen molar-refractivity contribution >= 4 is 23.3 Å². The van der Waals surface area contributed by atoms with Crippen LogP contribution in [0.4, 0.5) is 10.1 Å². The van der Waals surface area contributed by atoms with Crippen molar-refractivity contribution in [2.24, 2.45) is 11.1 Å². The number of nitrogens with zero attached hydrogens (tertiary/aromatic N) is 2. The Morgan fingerprint density at radius 1 is 1.15 bits per heavy atom. The molecule has 39 heavy (non-hydrogen) atoms. The number of ketones is 1. The lowest BCUT2D eigenvalue weighted by Crippen LogP contribution is -2.34. The Bertz CT molecular complexity index is 1320. The minimum absolute atomic E-state index is 0.0466. The third-order valence-corrected chi connectivity index (χ3v) is 7.88. The van der Waals surface area contributed by atoms with Gasteiger partial charge in [0.1, 0.15) is 11.9 Å². The van der Waals surface area contributed by atoms with Gasteiger partial charge in [-0.25, -0.2) is 4.39 Å². The molecule has 0 bridgehead atoms. The minimum Gasteiger partial charge on any atom is -0.461 e. The maximum absolute atomic E-state index is 15.5. The average Bonchev–Trinajstić information content (AvgIpc) is 3.38. The average molecular weight is 541 g/mol. The Morgan fingerprint density at radius 3 is 2.54 bits per heavy atom. The summed E-state index contributed by atoms with van der Waals surface area (Å²) in [7, 11) is 3.63. The fourth-order valence-corrected chi connectivity index (χ4v) is 6.24. The summed E-state index contributed by atoms with van der Waals surface area (Å²) in [6, 6.07) is 3.02. The van der Waals surface area contributed by atoms with Crippen LogP contribution in [0.25, 0.3) is 5.69 Å². The largest absolute Gasteiger partial charge is 0.461 e. The number of hydrogen-bond acceptors (Lipinski definition) is 7. The number of nitrogens with two attached hydrogens (primary N) is 1. The lowest BCUT2D eigenvalue weighted by Gasteiger charge is -2.31. The molecule has 2 aromatic rings. The molecule has 2 aliphatic carbocycles. The van der Waals surface area contributed by atoms with Crippen molar-refractivity contribution in [1.82, 2.24) is 9.47 Å². The van der Waals surface area contributed by atoms with Crippen LogP contribution in [-0.2, 0) is 33.9 Å². The number of carbonyl (C=O) groups excluding carboxylic acids is 3. The molecule has 0 unspecified atom stereocenters. The molecule has 0 radical (unpaired) electrons. The zero-order valence-electron chi connectivity index (χ0n) is 23.1. The third kappa shape index (κ3) is 5.45. The highest BCUT2D eigenvalue weighted by Crippen LogP contribution is 2.43. The van der Waals surface area contributed by atoms with E-state index in [-0.39, 0.29) is 41.4 Å². The maximum atomic E-state index is 15.5. The van der Waals surface area contributed by atoms with Crippen LogP contribution >= 0.6 is 0 Å². The van der Waals surface area contributed by atoms with E-state index >= 15 is 4.39 Å². The third-order valence-electron chi connectivity index (χ3n) is 7.88. The van der Waals surface area contributed by atoms with Gasteiger partial charge in [-0.1, -0.05) is 13.8 Å². The Kier molecular flexibility index (Phi) is 7.28. The summed E-state index contributed by atoms with van der Waals surface area (Å²) in [5.74, 6) is -1.75. The van der Waals surface area contributed by atoms with Crippen LogP contribution in [0.1, 0.15) is 83.6 Å². The Balaban J connectivity index is 1.44. The molecule has 1 amide bonds. The summed E-state index contributed by atoms with van der Waals surface area (Å²) in [4.78, 5) is 39.2. The molecular weight excluding hydrogens is 503 g/mol. The maximum Gasteiger partial charge on any atom is 0.320 e. The summed E-state index contributed by atoms with van der Waals surface area (Å²) in [6.07, 6.45) is 3.66. The van der Waals surface area contributed by atoms with Gasteiger partial charge in [-0.05, 0) is 63.7 Å². The lowest BCUT2D eigenvalue weighted by atomic mass is 9.75. The highest BCUT2D eigenvalue weighted by molar-refractivity contribution is 6.01. The second-order valence-electron chi connectivity index (χ2n) is 12.1. The number of primary amides is 1. The van der Waals surface area contributed by atoms with Crippen LogP contribution in [0, 0.1) is 11.2 Å². The highest BCUT2D eigenvalue weighted by atomic mass is 19.1. The van der Waals surface area contributed by atoms with Crippen molar-refractivity contribution in [1.29, 1.82) is 0 Å². The number of esters is 1. The molecule has 1 saturated carbocycles. The molecule has 9 nitrogen and oxygen atoms in total. The fourth-order valence-electron chi connectivity index (χ4n) is 6.24. The summed E-state index contributed by atoms with van der Waals surface area (Å²) >= 11 is 0. The van der Waals surface area contributed by atoms with Gasteiger partial charge in [0.2, 0.25) is 0 Å². The van der Waals surface area contributed by atoms with E-state index in [1.54, 1.807) is 11.0 Å². The second kappa shape index (κ2) is 10.4.